The van der Waals surface area contributed by atoms with Crippen LogP contribution in [-0.2, 0) is 6.42 Å². The molecule has 2 N–H and O–H groups in total. The molecule has 1 rings (SSSR count). The van der Waals surface area contributed by atoms with Gasteiger partial charge < -0.3 is 10.4 Å². The van der Waals surface area contributed by atoms with Gasteiger partial charge in [0, 0.05) is 6.04 Å². The smallest absolute Gasteiger partial charge is 0.126 e. The molecule has 2 nitrogen and oxygen atoms in total. The Labute approximate surface area is 103 Å². The van der Waals surface area contributed by atoms with Gasteiger partial charge in [-0.2, -0.15) is 0 Å². The second-order valence-corrected chi connectivity index (χ2v) is 4.82. The largest absolute Gasteiger partial charge is 0.395 e. The van der Waals surface area contributed by atoms with Crippen LogP contribution in [0.2, 0.25) is 0 Å². The highest BCUT2D eigenvalue weighted by Gasteiger charge is 2.10. The molecular formula is C14H22FNO. The first kappa shape index (κ1) is 14.1. The molecule has 96 valence electrons. The average molecular weight is 239 g/mol. The number of hydrogen-bond donors (Lipinski definition) is 2. The van der Waals surface area contributed by atoms with Crippen LogP contribution in [0, 0.1) is 18.7 Å². The first-order valence-corrected chi connectivity index (χ1v) is 6.14. The van der Waals surface area contributed by atoms with Crippen molar-refractivity contribution in [3.05, 3.63) is 35.1 Å². The fourth-order valence-corrected chi connectivity index (χ4v) is 1.78. The van der Waals surface area contributed by atoms with Crippen molar-refractivity contribution in [2.24, 2.45) is 5.92 Å². The zero-order chi connectivity index (χ0) is 12.8. The van der Waals surface area contributed by atoms with E-state index in [9.17, 15) is 4.39 Å². The molecule has 0 saturated heterocycles. The van der Waals surface area contributed by atoms with Gasteiger partial charge in [0.15, 0.2) is 0 Å². The van der Waals surface area contributed by atoms with Crippen molar-refractivity contribution < 1.29 is 9.50 Å². The number of rotatable bonds is 6. The van der Waals surface area contributed by atoms with Gasteiger partial charge in [-0.1, -0.05) is 26.0 Å². The Morgan fingerprint density at radius 2 is 2.06 bits per heavy atom. The summed E-state index contributed by atoms with van der Waals surface area (Å²) in [5.74, 6) is 0.257. The highest BCUT2D eigenvalue weighted by Crippen LogP contribution is 2.09. The molecule has 0 aliphatic carbocycles. The lowest BCUT2D eigenvalue weighted by molar-refractivity contribution is 0.212. The molecule has 0 bridgehead atoms. The van der Waals surface area contributed by atoms with E-state index < -0.39 is 0 Å². The van der Waals surface area contributed by atoms with Gasteiger partial charge in [0.1, 0.15) is 5.82 Å². The molecule has 0 radical (unpaired) electrons. The molecule has 0 fully saturated rings. The monoisotopic (exact) mass is 239 g/mol. The van der Waals surface area contributed by atoms with Crippen LogP contribution in [-0.4, -0.2) is 24.3 Å². The van der Waals surface area contributed by atoms with Crippen molar-refractivity contribution in [3.63, 3.8) is 0 Å². The van der Waals surface area contributed by atoms with Crippen molar-refractivity contribution in [1.82, 2.24) is 5.32 Å². The average Bonchev–Trinajstić information content (AvgIpc) is 2.28. The van der Waals surface area contributed by atoms with Crippen LogP contribution in [0.25, 0.3) is 0 Å². The van der Waals surface area contributed by atoms with Gasteiger partial charge in [-0.25, -0.2) is 4.39 Å². The summed E-state index contributed by atoms with van der Waals surface area (Å²) < 4.78 is 13.1. The number of halogens is 1. The van der Waals surface area contributed by atoms with Gasteiger partial charge in [0.2, 0.25) is 0 Å². The van der Waals surface area contributed by atoms with Crippen molar-refractivity contribution in [1.29, 1.82) is 0 Å². The van der Waals surface area contributed by atoms with Gasteiger partial charge in [0.05, 0.1) is 6.61 Å². The number of aryl methyl sites for hydroxylation is 1. The SMILES string of the molecule is Cc1cc(CCNC(CO)C(C)C)ccc1F. The van der Waals surface area contributed by atoms with E-state index in [1.807, 2.05) is 12.1 Å². The summed E-state index contributed by atoms with van der Waals surface area (Å²) in [6, 6.07) is 5.33. The summed E-state index contributed by atoms with van der Waals surface area (Å²) in [6.07, 6.45) is 0.852. The maximum Gasteiger partial charge on any atom is 0.126 e. The lowest BCUT2D eigenvalue weighted by Gasteiger charge is -2.19. The fourth-order valence-electron chi connectivity index (χ4n) is 1.78. The summed E-state index contributed by atoms with van der Waals surface area (Å²) >= 11 is 0. The second kappa shape index (κ2) is 6.72. The van der Waals surface area contributed by atoms with Crippen LogP contribution in [0.15, 0.2) is 18.2 Å². The molecule has 0 aliphatic rings. The highest BCUT2D eigenvalue weighted by molar-refractivity contribution is 5.24. The normalized spacial score (nSPS) is 13.1. The Balaban J connectivity index is 2.42. The van der Waals surface area contributed by atoms with Gasteiger partial charge >= 0.3 is 0 Å². The molecule has 1 aromatic carbocycles. The summed E-state index contributed by atoms with van der Waals surface area (Å²) in [5, 5.41) is 12.5. The Morgan fingerprint density at radius 1 is 1.35 bits per heavy atom. The van der Waals surface area contributed by atoms with Crippen molar-refractivity contribution in [2.75, 3.05) is 13.2 Å². The molecular weight excluding hydrogens is 217 g/mol. The van der Waals surface area contributed by atoms with Crippen LogP contribution >= 0.6 is 0 Å². The van der Waals surface area contributed by atoms with E-state index in [0.29, 0.717) is 11.5 Å². The number of aliphatic hydroxyl groups is 1. The van der Waals surface area contributed by atoms with Crippen LogP contribution in [0.5, 0.6) is 0 Å². The van der Waals surface area contributed by atoms with Crippen molar-refractivity contribution in [2.45, 2.75) is 33.2 Å². The summed E-state index contributed by atoms with van der Waals surface area (Å²) in [6.45, 7) is 6.89. The minimum Gasteiger partial charge on any atom is -0.395 e. The number of aliphatic hydroxyl groups excluding tert-OH is 1. The van der Waals surface area contributed by atoms with Crippen LogP contribution < -0.4 is 5.32 Å². The van der Waals surface area contributed by atoms with Crippen molar-refractivity contribution in [3.8, 4) is 0 Å². The van der Waals surface area contributed by atoms with E-state index >= 15 is 0 Å². The third-order valence-electron chi connectivity index (χ3n) is 3.04. The minimum atomic E-state index is -0.155. The van der Waals surface area contributed by atoms with E-state index in [-0.39, 0.29) is 18.5 Å². The maximum atomic E-state index is 13.1. The quantitative estimate of drug-likeness (QED) is 0.798. The molecule has 1 aromatic rings. The molecule has 0 aliphatic heterocycles. The molecule has 0 aromatic heterocycles. The van der Waals surface area contributed by atoms with E-state index in [1.165, 1.54) is 6.07 Å². The summed E-state index contributed by atoms with van der Waals surface area (Å²) in [4.78, 5) is 0. The Morgan fingerprint density at radius 3 is 2.59 bits per heavy atom. The standard InChI is InChI=1S/C14H22FNO/c1-10(2)14(9-17)16-7-6-12-4-5-13(15)11(3)8-12/h4-5,8,10,14,16-17H,6-7,9H2,1-3H3. The van der Waals surface area contributed by atoms with E-state index in [2.05, 4.69) is 19.2 Å². The fraction of sp³-hybridized carbons (Fsp3) is 0.571. The molecule has 17 heavy (non-hydrogen) atoms. The lowest BCUT2D eigenvalue weighted by atomic mass is 10.0. The Bertz CT molecular complexity index is 352. The van der Waals surface area contributed by atoms with Crippen LogP contribution in [0.3, 0.4) is 0 Å². The van der Waals surface area contributed by atoms with E-state index in [1.54, 1.807) is 6.92 Å². The Hall–Kier alpha value is -0.930. The molecule has 0 amide bonds. The van der Waals surface area contributed by atoms with Gasteiger partial charge in [-0.3, -0.25) is 0 Å². The third-order valence-corrected chi connectivity index (χ3v) is 3.04. The number of benzene rings is 1. The predicted molar refractivity (Wildman–Crippen MR) is 68.6 cm³/mol. The summed E-state index contributed by atoms with van der Waals surface area (Å²) in [7, 11) is 0. The lowest BCUT2D eigenvalue weighted by Crippen LogP contribution is -2.38. The predicted octanol–water partition coefficient (Wildman–Crippen LogP) is 2.28. The zero-order valence-corrected chi connectivity index (χ0v) is 10.8. The van der Waals surface area contributed by atoms with E-state index in [0.717, 1.165) is 18.5 Å². The molecule has 0 saturated carbocycles. The minimum absolute atomic E-state index is 0.136. The van der Waals surface area contributed by atoms with Crippen LogP contribution in [0.1, 0.15) is 25.0 Å². The van der Waals surface area contributed by atoms with Crippen molar-refractivity contribution >= 4 is 0 Å². The molecule has 0 spiro atoms. The van der Waals surface area contributed by atoms with E-state index in [4.69, 9.17) is 5.11 Å². The number of hydrogen-bond acceptors (Lipinski definition) is 2. The van der Waals surface area contributed by atoms with Crippen LogP contribution in [0.4, 0.5) is 4.39 Å². The van der Waals surface area contributed by atoms with Gasteiger partial charge in [-0.05, 0) is 43.0 Å². The molecule has 0 heterocycles. The Kier molecular flexibility index (Phi) is 5.59. The first-order chi connectivity index (χ1) is 8.04. The second-order valence-electron chi connectivity index (χ2n) is 4.82. The topological polar surface area (TPSA) is 32.3 Å². The van der Waals surface area contributed by atoms with Gasteiger partial charge in [0.25, 0.3) is 0 Å². The summed E-state index contributed by atoms with van der Waals surface area (Å²) in [5.41, 5.74) is 1.81. The molecule has 3 heteroatoms. The zero-order valence-electron chi connectivity index (χ0n) is 10.8. The molecule has 1 atom stereocenters. The highest BCUT2D eigenvalue weighted by atomic mass is 19.1. The molecule has 1 unspecified atom stereocenters. The number of nitrogens with one attached hydrogen (secondary N) is 1. The third kappa shape index (κ3) is 4.44. The first-order valence-electron chi connectivity index (χ1n) is 6.14. The maximum absolute atomic E-state index is 13.1. The van der Waals surface area contributed by atoms with Gasteiger partial charge in [-0.15, -0.1) is 0 Å².